The highest BCUT2D eigenvalue weighted by Gasteiger charge is 2.44. The van der Waals surface area contributed by atoms with Crippen molar-refractivity contribution in [2.75, 3.05) is 44.6 Å². The Bertz CT molecular complexity index is 1360. The topological polar surface area (TPSA) is 107 Å². The van der Waals surface area contributed by atoms with E-state index in [1.165, 1.54) is 12.1 Å². The normalized spacial score (nSPS) is 23.4. The Balaban J connectivity index is 1.04. The van der Waals surface area contributed by atoms with Crippen LogP contribution in [0.15, 0.2) is 42.7 Å². The Morgan fingerprint density at radius 3 is 2.45 bits per heavy atom. The Hall–Kier alpha value is -3.73. The van der Waals surface area contributed by atoms with Gasteiger partial charge < -0.3 is 25.2 Å². The molecular weight excluding hydrogens is 539 g/mol. The second-order valence-corrected chi connectivity index (χ2v) is 12.1. The van der Waals surface area contributed by atoms with Gasteiger partial charge in [-0.2, -0.15) is 0 Å². The van der Waals surface area contributed by atoms with Crippen LogP contribution in [-0.4, -0.2) is 88.6 Å². The number of amides is 4. The molecule has 0 spiro atoms. The van der Waals surface area contributed by atoms with E-state index in [9.17, 15) is 18.8 Å². The summed E-state index contributed by atoms with van der Waals surface area (Å²) in [6.45, 7) is 9.52. The van der Waals surface area contributed by atoms with Crippen LogP contribution in [0.25, 0.3) is 0 Å². The second-order valence-electron chi connectivity index (χ2n) is 12.1. The number of hydrogen-bond donors (Lipinski definition) is 2. The van der Waals surface area contributed by atoms with Gasteiger partial charge in [-0.1, -0.05) is 12.1 Å². The fourth-order valence-corrected chi connectivity index (χ4v) is 5.51. The summed E-state index contributed by atoms with van der Waals surface area (Å²) in [7, 11) is 0. The maximum Gasteiger partial charge on any atom is 0.410 e. The van der Waals surface area contributed by atoms with Crippen LogP contribution in [0.5, 0.6) is 0 Å². The van der Waals surface area contributed by atoms with E-state index in [-0.39, 0.29) is 29.9 Å². The molecule has 1 saturated carbocycles. The zero-order valence-corrected chi connectivity index (χ0v) is 24.4. The molecule has 3 heterocycles. The molecule has 10 nitrogen and oxygen atoms in total. The first-order valence-electron chi connectivity index (χ1n) is 15.6. The number of benzene rings is 1. The van der Waals surface area contributed by atoms with Crippen LogP contribution in [0.3, 0.4) is 0 Å². The molecule has 1 aliphatic carbocycles. The van der Waals surface area contributed by atoms with Gasteiger partial charge in [0.05, 0.1) is 0 Å². The molecule has 3 aliphatic rings. The van der Waals surface area contributed by atoms with Crippen molar-refractivity contribution in [2.24, 2.45) is 5.92 Å². The summed E-state index contributed by atoms with van der Waals surface area (Å²) in [4.78, 5) is 47.8. The first kappa shape index (κ1) is 27.1. The third kappa shape index (κ3) is 7.56. The molecule has 2 aromatic rings. The van der Waals surface area contributed by atoms with Gasteiger partial charge >= 0.3 is 12.1 Å². The molecule has 42 heavy (non-hydrogen) atoms. The molecule has 2 aliphatic heterocycles. The molecular formula is C31H41FN6O4. The molecule has 2 unspecified atom stereocenters. The number of aromatic nitrogens is 1. The van der Waals surface area contributed by atoms with Gasteiger partial charge in [-0.05, 0) is 69.7 Å². The molecule has 2 N–H and O–H groups in total. The minimum Gasteiger partial charge on any atom is -0.444 e. The van der Waals surface area contributed by atoms with Crippen molar-refractivity contribution in [1.82, 2.24) is 25.0 Å². The monoisotopic (exact) mass is 582 g/mol. The van der Waals surface area contributed by atoms with E-state index in [2.05, 4.69) is 20.5 Å². The van der Waals surface area contributed by atoms with Crippen molar-refractivity contribution in [3.05, 3.63) is 59.7 Å². The van der Waals surface area contributed by atoms with Crippen LogP contribution in [-0.2, 0) is 16.1 Å². The molecule has 2 saturated heterocycles. The van der Waals surface area contributed by atoms with Crippen molar-refractivity contribution < 1.29 is 26.3 Å². The van der Waals surface area contributed by atoms with Crippen LogP contribution in [0.4, 0.5) is 19.7 Å². The number of nitrogens with zero attached hydrogens (tertiary/aromatic N) is 4. The van der Waals surface area contributed by atoms with Crippen LogP contribution in [0.1, 0.15) is 59.8 Å². The number of hydrogen-bond acceptors (Lipinski definition) is 6. The summed E-state index contributed by atoms with van der Waals surface area (Å²) in [6, 6.07) is 7.77. The van der Waals surface area contributed by atoms with Gasteiger partial charge in [-0.15, -0.1) is 0 Å². The zero-order valence-electron chi connectivity index (χ0n) is 26.4. The number of carbonyl (C=O) groups is 3. The van der Waals surface area contributed by atoms with Gasteiger partial charge in [0, 0.05) is 84.2 Å². The number of ether oxygens (including phenoxy) is 1. The predicted molar refractivity (Wildman–Crippen MR) is 156 cm³/mol. The Kier molecular flexibility index (Phi) is 8.17. The fourth-order valence-electron chi connectivity index (χ4n) is 5.51. The number of rotatable bonds is 6. The molecule has 1 aromatic carbocycles. The van der Waals surface area contributed by atoms with Crippen LogP contribution >= 0.6 is 0 Å². The van der Waals surface area contributed by atoms with E-state index in [0.29, 0.717) is 37.8 Å². The van der Waals surface area contributed by atoms with Crippen LogP contribution < -0.4 is 10.6 Å². The van der Waals surface area contributed by atoms with Gasteiger partial charge in [-0.25, -0.2) is 14.0 Å². The predicted octanol–water partition coefficient (Wildman–Crippen LogP) is 4.19. The lowest BCUT2D eigenvalue weighted by Gasteiger charge is -2.42. The average Bonchev–Trinajstić information content (AvgIpc) is 3.58. The number of piperazine rings is 1. The minimum atomic E-state index is -1.71. The molecule has 11 heteroatoms. The summed E-state index contributed by atoms with van der Waals surface area (Å²) < 4.78 is 36.8. The lowest BCUT2D eigenvalue weighted by atomic mass is 10.0. The third-order valence-corrected chi connectivity index (χ3v) is 7.89. The highest BCUT2D eigenvalue weighted by Crippen LogP contribution is 2.47. The number of urea groups is 1. The van der Waals surface area contributed by atoms with Gasteiger partial charge in [0.15, 0.2) is 0 Å². The van der Waals surface area contributed by atoms with Crippen LogP contribution in [0, 0.1) is 11.7 Å². The largest absolute Gasteiger partial charge is 0.444 e. The number of nitrogens with one attached hydrogen (secondary N) is 2. The highest BCUT2D eigenvalue weighted by molar-refractivity contribution is 5.95. The van der Waals surface area contributed by atoms with Gasteiger partial charge in [0.2, 0.25) is 5.91 Å². The number of likely N-dealkylation sites (tertiary alicyclic amines) is 1. The SMILES string of the molecule is [2H]C1([2H])C(C(=O)Nc2ccc(CNC(=O)N3CCC(N4CCN(C(=O)OC(C)(C)C)CC4)CC3)c(F)c2)C1c1cccnc1. The number of carbonyl (C=O) groups excluding carboxylic acids is 3. The number of piperidine rings is 1. The van der Waals surface area contributed by atoms with Crippen molar-refractivity contribution >= 4 is 23.7 Å². The molecule has 1 aromatic heterocycles. The maximum atomic E-state index is 14.9. The zero-order chi connectivity index (χ0) is 31.6. The first-order chi connectivity index (χ1) is 20.8. The second kappa shape index (κ2) is 12.6. The molecule has 2 atom stereocenters. The van der Waals surface area contributed by atoms with E-state index >= 15 is 0 Å². The van der Waals surface area contributed by atoms with Crippen molar-refractivity contribution in [2.45, 2.75) is 64.1 Å². The maximum absolute atomic E-state index is 14.9. The van der Waals surface area contributed by atoms with Gasteiger partial charge in [0.25, 0.3) is 0 Å². The fraction of sp³-hybridized carbons (Fsp3) is 0.548. The summed E-state index contributed by atoms with van der Waals surface area (Å²) in [5, 5.41) is 5.42. The highest BCUT2D eigenvalue weighted by atomic mass is 19.1. The van der Waals surface area contributed by atoms with E-state index < -0.39 is 35.5 Å². The Morgan fingerprint density at radius 1 is 1.07 bits per heavy atom. The molecule has 0 radical (unpaired) electrons. The van der Waals surface area contributed by atoms with E-state index in [0.717, 1.165) is 25.9 Å². The summed E-state index contributed by atoms with van der Waals surface area (Å²) in [5.74, 6) is -2.58. The molecule has 5 rings (SSSR count). The smallest absolute Gasteiger partial charge is 0.410 e. The molecule has 4 amide bonds. The quantitative estimate of drug-likeness (QED) is 0.529. The van der Waals surface area contributed by atoms with E-state index in [1.807, 2.05) is 20.8 Å². The van der Waals surface area contributed by atoms with Crippen molar-refractivity contribution in [3.8, 4) is 0 Å². The number of pyridine rings is 1. The Labute approximate surface area is 249 Å². The first-order valence-corrected chi connectivity index (χ1v) is 14.6. The molecule has 226 valence electrons. The number of anilines is 1. The van der Waals surface area contributed by atoms with Crippen molar-refractivity contribution in [3.63, 3.8) is 0 Å². The standard InChI is InChI=1S/C31H41FN6O4/c1-31(2,3)42-30(41)38-15-13-36(14-16-38)24-8-11-37(12-9-24)29(40)34-20-22-6-7-23(17-27(22)32)35-28(39)26-18-25(26)21-5-4-10-33-19-21/h4-7,10,17,19,24-26H,8-9,11-16,18,20H2,1-3H3,(H,34,40)(H,35,39)/i18D2. The van der Waals surface area contributed by atoms with Crippen LogP contribution in [0.2, 0.25) is 0 Å². The minimum absolute atomic E-state index is 0.000294. The van der Waals surface area contributed by atoms with E-state index in [1.54, 1.807) is 40.4 Å². The number of halogens is 1. The lowest BCUT2D eigenvalue weighted by molar-refractivity contribution is -0.117. The Morgan fingerprint density at radius 2 is 1.81 bits per heavy atom. The lowest BCUT2D eigenvalue weighted by Crippen LogP contribution is -2.55. The molecule has 0 bridgehead atoms. The third-order valence-electron chi connectivity index (χ3n) is 7.89. The average molecular weight is 583 g/mol. The van der Waals surface area contributed by atoms with E-state index in [4.69, 9.17) is 7.48 Å². The molecule has 3 fully saturated rings. The summed E-state index contributed by atoms with van der Waals surface area (Å²) >= 11 is 0. The van der Waals surface area contributed by atoms with Gasteiger partial charge in [0.1, 0.15) is 11.4 Å². The van der Waals surface area contributed by atoms with Gasteiger partial charge in [-0.3, -0.25) is 14.7 Å². The summed E-state index contributed by atoms with van der Waals surface area (Å²) in [6.07, 6.45) is 2.80. The van der Waals surface area contributed by atoms with Crippen molar-refractivity contribution in [1.29, 1.82) is 0 Å². The summed E-state index contributed by atoms with van der Waals surface area (Å²) in [5.41, 5.74) is 0.640.